The number of carbonyl (C=O) groups is 1. The van der Waals surface area contributed by atoms with Crippen molar-refractivity contribution in [2.75, 3.05) is 32.1 Å². The van der Waals surface area contributed by atoms with Gasteiger partial charge in [-0.15, -0.1) is 0 Å². The molecule has 0 saturated carbocycles. The van der Waals surface area contributed by atoms with Crippen LogP contribution in [0.3, 0.4) is 0 Å². The SMILES string of the molecule is CCN(CC(=O)N(C)C)c1cc(Cl)nc(C(C)(C)C)n1. The predicted octanol–water partition coefficient (Wildman–Crippen LogP) is 2.34. The number of rotatable bonds is 4. The van der Waals surface area contributed by atoms with Crippen LogP contribution in [0.5, 0.6) is 0 Å². The molecule has 0 fully saturated rings. The molecule has 20 heavy (non-hydrogen) atoms. The first-order valence-corrected chi connectivity index (χ1v) is 7.03. The lowest BCUT2D eigenvalue weighted by molar-refractivity contribution is -0.127. The normalized spacial score (nSPS) is 11.3. The standard InChI is InChI=1S/C14H23ClN4O/c1-7-19(9-12(20)18(5)6)11-8-10(15)16-13(17-11)14(2,3)4/h8H,7,9H2,1-6H3. The summed E-state index contributed by atoms with van der Waals surface area (Å²) in [6.45, 7) is 9.03. The molecule has 1 rings (SSSR count). The van der Waals surface area contributed by atoms with Gasteiger partial charge in [-0.25, -0.2) is 9.97 Å². The Balaban J connectivity index is 3.10. The highest BCUT2D eigenvalue weighted by Gasteiger charge is 2.21. The van der Waals surface area contributed by atoms with Gasteiger partial charge >= 0.3 is 0 Å². The third-order valence-electron chi connectivity index (χ3n) is 2.88. The molecule has 0 radical (unpaired) electrons. The third kappa shape index (κ3) is 4.34. The molecule has 0 spiro atoms. The molecule has 0 saturated heterocycles. The number of likely N-dealkylation sites (N-methyl/N-ethyl adjacent to an activating group) is 2. The summed E-state index contributed by atoms with van der Waals surface area (Å²) < 4.78 is 0. The van der Waals surface area contributed by atoms with Crippen LogP contribution >= 0.6 is 11.6 Å². The van der Waals surface area contributed by atoms with E-state index in [0.717, 1.165) is 0 Å². The van der Waals surface area contributed by atoms with Crippen molar-refractivity contribution in [1.82, 2.24) is 14.9 Å². The lowest BCUT2D eigenvalue weighted by Gasteiger charge is -2.25. The van der Waals surface area contributed by atoms with Crippen LogP contribution in [-0.4, -0.2) is 48.0 Å². The first kappa shape index (κ1) is 16.7. The van der Waals surface area contributed by atoms with E-state index < -0.39 is 0 Å². The molecule has 1 heterocycles. The molecule has 6 heteroatoms. The molecule has 0 aliphatic rings. The highest BCUT2D eigenvalue weighted by molar-refractivity contribution is 6.29. The molecule has 0 unspecified atom stereocenters. The Kier molecular flexibility index (Phi) is 5.34. The van der Waals surface area contributed by atoms with E-state index in [1.807, 2.05) is 32.6 Å². The van der Waals surface area contributed by atoms with Gasteiger partial charge in [-0.3, -0.25) is 4.79 Å². The molecule has 1 amide bonds. The summed E-state index contributed by atoms with van der Waals surface area (Å²) in [5.74, 6) is 1.39. The van der Waals surface area contributed by atoms with Gasteiger partial charge in [-0.05, 0) is 6.92 Å². The van der Waals surface area contributed by atoms with Crippen molar-refractivity contribution < 1.29 is 4.79 Å². The van der Waals surface area contributed by atoms with Crippen LogP contribution in [0.1, 0.15) is 33.5 Å². The Bertz CT molecular complexity index is 483. The van der Waals surface area contributed by atoms with Crippen LogP contribution in [0.2, 0.25) is 5.15 Å². The fraction of sp³-hybridized carbons (Fsp3) is 0.643. The lowest BCUT2D eigenvalue weighted by atomic mass is 9.96. The van der Waals surface area contributed by atoms with Crippen molar-refractivity contribution in [2.24, 2.45) is 0 Å². The van der Waals surface area contributed by atoms with Gasteiger partial charge in [0.05, 0.1) is 6.54 Å². The lowest BCUT2D eigenvalue weighted by Crippen LogP contribution is -2.37. The average molecular weight is 299 g/mol. The van der Waals surface area contributed by atoms with E-state index in [2.05, 4.69) is 9.97 Å². The fourth-order valence-electron chi connectivity index (χ4n) is 1.56. The molecular formula is C14H23ClN4O. The summed E-state index contributed by atoms with van der Waals surface area (Å²) in [6.07, 6.45) is 0. The number of hydrogen-bond acceptors (Lipinski definition) is 4. The number of anilines is 1. The molecule has 0 atom stereocenters. The van der Waals surface area contributed by atoms with Gasteiger partial charge in [0.2, 0.25) is 5.91 Å². The van der Waals surface area contributed by atoms with E-state index in [9.17, 15) is 4.79 Å². The summed E-state index contributed by atoms with van der Waals surface area (Å²) in [4.78, 5) is 24.1. The monoisotopic (exact) mass is 298 g/mol. The minimum Gasteiger partial charge on any atom is -0.347 e. The Hall–Kier alpha value is -1.36. The van der Waals surface area contributed by atoms with Crippen LogP contribution in [0.15, 0.2) is 6.07 Å². The first-order chi connectivity index (χ1) is 9.15. The zero-order valence-electron chi connectivity index (χ0n) is 13.1. The summed E-state index contributed by atoms with van der Waals surface area (Å²) in [5, 5.41) is 0.399. The second kappa shape index (κ2) is 6.39. The highest BCUT2D eigenvalue weighted by Crippen LogP contribution is 2.24. The van der Waals surface area contributed by atoms with Crippen molar-refractivity contribution in [2.45, 2.75) is 33.1 Å². The van der Waals surface area contributed by atoms with Crippen LogP contribution in [0, 0.1) is 0 Å². The Morgan fingerprint density at radius 3 is 2.35 bits per heavy atom. The van der Waals surface area contributed by atoms with Crippen molar-refractivity contribution in [3.8, 4) is 0 Å². The molecule has 5 nitrogen and oxygen atoms in total. The summed E-state index contributed by atoms with van der Waals surface area (Å²) in [6, 6.07) is 1.70. The molecular weight excluding hydrogens is 276 g/mol. The zero-order chi connectivity index (χ0) is 15.5. The predicted molar refractivity (Wildman–Crippen MR) is 82.3 cm³/mol. The van der Waals surface area contributed by atoms with E-state index in [1.165, 1.54) is 0 Å². The topological polar surface area (TPSA) is 49.3 Å². The highest BCUT2D eigenvalue weighted by atomic mass is 35.5. The smallest absolute Gasteiger partial charge is 0.241 e. The maximum absolute atomic E-state index is 11.9. The summed E-state index contributed by atoms with van der Waals surface area (Å²) in [7, 11) is 3.48. The molecule has 1 aromatic rings. The second-order valence-corrected chi connectivity index (χ2v) is 6.31. The van der Waals surface area contributed by atoms with Gasteiger partial charge < -0.3 is 9.80 Å². The minimum atomic E-state index is -0.190. The molecule has 0 aromatic carbocycles. The molecule has 0 bridgehead atoms. The van der Waals surface area contributed by atoms with Gasteiger partial charge in [-0.2, -0.15) is 0 Å². The third-order valence-corrected chi connectivity index (χ3v) is 3.08. The van der Waals surface area contributed by atoms with Gasteiger partial charge in [0.25, 0.3) is 0 Å². The number of amides is 1. The first-order valence-electron chi connectivity index (χ1n) is 6.65. The number of halogens is 1. The number of nitrogens with zero attached hydrogens (tertiary/aromatic N) is 4. The van der Waals surface area contributed by atoms with Gasteiger partial charge in [0.15, 0.2) is 0 Å². The van der Waals surface area contributed by atoms with E-state index in [1.54, 1.807) is 25.1 Å². The Morgan fingerprint density at radius 1 is 1.30 bits per heavy atom. The average Bonchev–Trinajstić information content (AvgIpc) is 2.33. The van der Waals surface area contributed by atoms with E-state index in [-0.39, 0.29) is 17.9 Å². The zero-order valence-corrected chi connectivity index (χ0v) is 13.8. The van der Waals surface area contributed by atoms with E-state index >= 15 is 0 Å². The Labute approximate surface area is 126 Å². The molecule has 0 aliphatic heterocycles. The van der Waals surface area contributed by atoms with Crippen molar-refractivity contribution >= 4 is 23.3 Å². The molecule has 1 aromatic heterocycles. The van der Waals surface area contributed by atoms with Crippen LogP contribution < -0.4 is 4.90 Å². The van der Waals surface area contributed by atoms with Crippen molar-refractivity contribution in [3.05, 3.63) is 17.0 Å². The Morgan fingerprint density at radius 2 is 1.90 bits per heavy atom. The van der Waals surface area contributed by atoms with Gasteiger partial charge in [-0.1, -0.05) is 32.4 Å². The van der Waals surface area contributed by atoms with Gasteiger partial charge in [0, 0.05) is 32.1 Å². The number of hydrogen-bond donors (Lipinski definition) is 0. The van der Waals surface area contributed by atoms with E-state index in [0.29, 0.717) is 23.3 Å². The summed E-state index contributed by atoms with van der Waals surface area (Å²) in [5.41, 5.74) is -0.190. The van der Waals surface area contributed by atoms with Crippen molar-refractivity contribution in [3.63, 3.8) is 0 Å². The number of carbonyl (C=O) groups excluding carboxylic acids is 1. The fourth-order valence-corrected chi connectivity index (χ4v) is 1.74. The van der Waals surface area contributed by atoms with Crippen molar-refractivity contribution in [1.29, 1.82) is 0 Å². The van der Waals surface area contributed by atoms with Gasteiger partial charge in [0.1, 0.15) is 16.8 Å². The molecule has 0 aliphatic carbocycles. The quantitative estimate of drug-likeness (QED) is 0.801. The maximum atomic E-state index is 11.9. The summed E-state index contributed by atoms with van der Waals surface area (Å²) >= 11 is 6.08. The largest absolute Gasteiger partial charge is 0.347 e. The maximum Gasteiger partial charge on any atom is 0.241 e. The minimum absolute atomic E-state index is 0.0268. The van der Waals surface area contributed by atoms with E-state index in [4.69, 9.17) is 11.6 Å². The number of aromatic nitrogens is 2. The second-order valence-electron chi connectivity index (χ2n) is 5.92. The molecule has 112 valence electrons. The van der Waals surface area contributed by atoms with Crippen LogP contribution in [0.25, 0.3) is 0 Å². The van der Waals surface area contributed by atoms with Crippen LogP contribution in [-0.2, 0) is 10.2 Å². The van der Waals surface area contributed by atoms with Crippen LogP contribution in [0.4, 0.5) is 5.82 Å². The molecule has 0 N–H and O–H groups in total.